The van der Waals surface area contributed by atoms with Gasteiger partial charge in [0.1, 0.15) is 5.75 Å². The first kappa shape index (κ1) is 29.3. The fraction of sp³-hybridized carbons (Fsp3) is 0.0455. The highest BCUT2D eigenvalue weighted by Gasteiger charge is 2.21. The normalized spacial score (nSPS) is 11.2. The maximum Gasteiger partial charge on any atom is 0.119 e. The summed E-state index contributed by atoms with van der Waals surface area (Å²) in [6.07, 6.45) is 0. The molecule has 4 nitrogen and oxygen atoms in total. The Morgan fingerprint density at radius 3 is 1.21 bits per heavy atom. The second-order valence-corrected chi connectivity index (χ2v) is 11.8. The fourth-order valence-corrected chi connectivity index (χ4v) is 6.77. The van der Waals surface area contributed by atoms with Crippen molar-refractivity contribution in [3.8, 4) is 5.75 Å². The lowest BCUT2D eigenvalue weighted by atomic mass is 9.93. The van der Waals surface area contributed by atoms with Gasteiger partial charge in [0.15, 0.2) is 0 Å². The molecule has 0 atom stereocenters. The lowest BCUT2D eigenvalue weighted by Gasteiger charge is -2.30. The zero-order valence-electron chi connectivity index (χ0n) is 26.6. The van der Waals surface area contributed by atoms with E-state index >= 15 is 0 Å². The van der Waals surface area contributed by atoms with E-state index in [-0.39, 0.29) is 6.61 Å². The number of ether oxygens (including phenoxy) is 1. The molecular weight excluding hydrogens is 588 g/mol. The average Bonchev–Trinajstić information content (AvgIpc) is 3.16. The van der Waals surface area contributed by atoms with Crippen LogP contribution in [-0.4, -0.2) is 12.2 Å². The van der Waals surface area contributed by atoms with E-state index in [9.17, 15) is 5.11 Å². The second-order valence-electron chi connectivity index (χ2n) is 11.8. The number of aliphatic hydroxyl groups excluding tert-OH is 1. The first-order valence-corrected chi connectivity index (χ1v) is 16.1. The molecule has 0 heterocycles. The standard InChI is InChI=1S/C44H34N2O2/c1-48-36-26-24-35(25-27-36)46(33-14-6-3-7-15-33)44-29-42-37-16-8-10-18-39(37)43(28-41(42)38-17-9-11-19-40(38)44)45(32-12-4-2-5-13-32)34-22-20-31(30-47)21-23-34/h2-29,47H,30H2,1H3. The number of rotatable bonds is 8. The number of aliphatic hydroxyl groups is 1. The van der Waals surface area contributed by atoms with E-state index in [1.54, 1.807) is 7.11 Å². The molecule has 48 heavy (non-hydrogen) atoms. The van der Waals surface area contributed by atoms with E-state index in [1.807, 2.05) is 30.3 Å². The smallest absolute Gasteiger partial charge is 0.119 e. The minimum absolute atomic E-state index is 0.00930. The van der Waals surface area contributed by atoms with Gasteiger partial charge in [-0.2, -0.15) is 0 Å². The molecule has 0 fully saturated rings. The Hall–Kier alpha value is -6.10. The van der Waals surface area contributed by atoms with Gasteiger partial charge in [-0.25, -0.2) is 0 Å². The van der Waals surface area contributed by atoms with E-state index < -0.39 is 0 Å². The third kappa shape index (κ3) is 5.19. The van der Waals surface area contributed by atoms with Gasteiger partial charge < -0.3 is 19.6 Å². The molecular formula is C44H34N2O2. The molecule has 1 N–H and O–H groups in total. The summed E-state index contributed by atoms with van der Waals surface area (Å²) in [4.78, 5) is 4.65. The molecule has 0 unspecified atom stereocenters. The minimum atomic E-state index is 0.00930. The van der Waals surface area contributed by atoms with Crippen molar-refractivity contribution in [2.45, 2.75) is 6.61 Å². The van der Waals surface area contributed by atoms with Gasteiger partial charge in [-0.15, -0.1) is 0 Å². The van der Waals surface area contributed by atoms with Crippen LogP contribution < -0.4 is 14.5 Å². The number of para-hydroxylation sites is 2. The highest BCUT2D eigenvalue weighted by atomic mass is 16.5. The fourth-order valence-electron chi connectivity index (χ4n) is 6.77. The summed E-state index contributed by atoms with van der Waals surface area (Å²) < 4.78 is 5.51. The zero-order chi connectivity index (χ0) is 32.5. The van der Waals surface area contributed by atoms with Crippen molar-refractivity contribution < 1.29 is 9.84 Å². The molecule has 0 saturated carbocycles. The molecule has 4 heteroatoms. The van der Waals surface area contributed by atoms with Gasteiger partial charge in [-0.05, 0) is 99.9 Å². The molecule has 0 aliphatic rings. The molecule has 0 amide bonds. The van der Waals surface area contributed by atoms with Crippen molar-refractivity contribution in [1.29, 1.82) is 0 Å². The van der Waals surface area contributed by atoms with Gasteiger partial charge in [0.25, 0.3) is 0 Å². The van der Waals surface area contributed by atoms with Gasteiger partial charge in [0.2, 0.25) is 0 Å². The summed E-state index contributed by atoms with van der Waals surface area (Å²) >= 11 is 0. The Balaban J connectivity index is 1.44. The van der Waals surface area contributed by atoms with Crippen LogP contribution in [0, 0.1) is 0 Å². The molecule has 0 spiro atoms. The SMILES string of the molecule is COc1ccc(N(c2ccccc2)c2cc3c4ccccc4c(N(c4ccccc4)c4ccc(CO)cc4)cc3c3ccccc23)cc1. The van der Waals surface area contributed by atoms with Crippen LogP contribution in [0.2, 0.25) is 0 Å². The highest BCUT2D eigenvalue weighted by molar-refractivity contribution is 6.24. The summed E-state index contributed by atoms with van der Waals surface area (Å²) in [5.74, 6) is 0.822. The second kappa shape index (κ2) is 12.6. The van der Waals surface area contributed by atoms with E-state index in [1.165, 1.54) is 21.5 Å². The van der Waals surface area contributed by atoms with Gasteiger partial charge in [0, 0.05) is 33.5 Å². The lowest BCUT2D eigenvalue weighted by molar-refractivity contribution is 0.282. The van der Waals surface area contributed by atoms with Gasteiger partial charge in [-0.1, -0.05) is 97.1 Å². The first-order valence-electron chi connectivity index (χ1n) is 16.1. The van der Waals surface area contributed by atoms with E-state index in [0.717, 1.165) is 56.2 Å². The maximum atomic E-state index is 9.77. The van der Waals surface area contributed by atoms with Gasteiger partial charge >= 0.3 is 0 Å². The van der Waals surface area contributed by atoms with Gasteiger partial charge in [0.05, 0.1) is 25.1 Å². The Bertz CT molecular complexity index is 2180. The van der Waals surface area contributed by atoms with Crippen molar-refractivity contribution >= 4 is 66.4 Å². The van der Waals surface area contributed by atoms with Crippen LogP contribution in [0.4, 0.5) is 34.1 Å². The number of nitrogens with zero attached hydrogens (tertiary/aromatic N) is 2. The van der Waals surface area contributed by atoms with E-state index in [4.69, 9.17) is 4.74 Å². The van der Waals surface area contributed by atoms with Crippen molar-refractivity contribution in [2.75, 3.05) is 16.9 Å². The summed E-state index contributed by atoms with van der Waals surface area (Å²) in [7, 11) is 1.70. The Morgan fingerprint density at radius 2 is 0.792 bits per heavy atom. The molecule has 0 aliphatic carbocycles. The summed E-state index contributed by atoms with van der Waals surface area (Å²) in [5, 5.41) is 16.8. The summed E-state index contributed by atoms with van der Waals surface area (Å²) in [5.41, 5.74) is 7.30. The van der Waals surface area contributed by atoms with Gasteiger partial charge in [-0.3, -0.25) is 0 Å². The van der Waals surface area contributed by atoms with Crippen molar-refractivity contribution in [1.82, 2.24) is 0 Å². The molecule has 0 aromatic heterocycles. The minimum Gasteiger partial charge on any atom is -0.497 e. The zero-order valence-corrected chi connectivity index (χ0v) is 26.6. The molecule has 8 aromatic rings. The highest BCUT2D eigenvalue weighted by Crippen LogP contribution is 2.47. The van der Waals surface area contributed by atoms with Crippen LogP contribution >= 0.6 is 0 Å². The van der Waals surface area contributed by atoms with E-state index in [2.05, 4.69) is 149 Å². The molecule has 0 saturated heterocycles. The molecule has 232 valence electrons. The predicted octanol–water partition coefficient (Wildman–Crippen LogP) is 11.6. The summed E-state index contributed by atoms with van der Waals surface area (Å²) in [6, 6.07) is 59.6. The molecule has 8 rings (SSSR count). The number of fused-ring (bicyclic) bond motifs is 5. The summed E-state index contributed by atoms with van der Waals surface area (Å²) in [6.45, 7) is 0.00930. The maximum absolute atomic E-state index is 9.77. The van der Waals surface area contributed by atoms with Crippen LogP contribution in [0.3, 0.4) is 0 Å². The topological polar surface area (TPSA) is 35.9 Å². The number of benzene rings is 8. The van der Waals surface area contributed by atoms with Crippen LogP contribution in [0.1, 0.15) is 5.56 Å². The van der Waals surface area contributed by atoms with Crippen LogP contribution in [0.25, 0.3) is 32.3 Å². The Morgan fingerprint density at radius 1 is 0.417 bits per heavy atom. The van der Waals surface area contributed by atoms with E-state index in [0.29, 0.717) is 0 Å². The van der Waals surface area contributed by atoms with Crippen LogP contribution in [-0.2, 0) is 6.61 Å². The third-order valence-electron chi connectivity index (χ3n) is 9.06. The number of anilines is 6. The Labute approximate surface area is 280 Å². The molecule has 0 radical (unpaired) electrons. The van der Waals surface area contributed by atoms with Crippen molar-refractivity contribution in [3.05, 3.63) is 175 Å². The average molecular weight is 623 g/mol. The third-order valence-corrected chi connectivity index (χ3v) is 9.06. The van der Waals surface area contributed by atoms with Crippen molar-refractivity contribution in [3.63, 3.8) is 0 Å². The first-order chi connectivity index (χ1) is 23.7. The molecule has 8 aromatic carbocycles. The monoisotopic (exact) mass is 622 g/mol. The lowest BCUT2D eigenvalue weighted by Crippen LogP contribution is -2.12. The number of methoxy groups -OCH3 is 1. The predicted molar refractivity (Wildman–Crippen MR) is 201 cm³/mol. The van der Waals surface area contributed by atoms with Crippen LogP contribution in [0.5, 0.6) is 5.75 Å². The van der Waals surface area contributed by atoms with Crippen molar-refractivity contribution in [2.24, 2.45) is 0 Å². The number of hydrogen-bond acceptors (Lipinski definition) is 4. The largest absolute Gasteiger partial charge is 0.497 e. The quantitative estimate of drug-likeness (QED) is 0.171. The molecule has 0 bridgehead atoms. The number of hydrogen-bond donors (Lipinski definition) is 1. The Kier molecular flexibility index (Phi) is 7.69. The van der Waals surface area contributed by atoms with Crippen LogP contribution in [0.15, 0.2) is 170 Å². The molecule has 0 aliphatic heterocycles.